The Labute approximate surface area is 61.0 Å². The van der Waals surface area contributed by atoms with E-state index in [9.17, 15) is 0 Å². The minimum atomic E-state index is 0.555. The van der Waals surface area contributed by atoms with Gasteiger partial charge in [0.25, 0.3) is 0 Å². The molecule has 1 fully saturated rings. The molecule has 10 heavy (non-hydrogen) atoms. The molecule has 1 rings (SSSR count). The highest BCUT2D eigenvalue weighted by Crippen LogP contribution is 2.26. The number of nitrogens with zero attached hydrogens (tertiary/aromatic N) is 1. The predicted molar refractivity (Wildman–Crippen MR) is 39.0 cm³/mol. The summed E-state index contributed by atoms with van der Waals surface area (Å²) in [6.07, 6.45) is 4.42. The lowest BCUT2D eigenvalue weighted by Gasteiger charge is -1.95. The smallest absolute Gasteiger partial charge is 0.140 e. The monoisotopic (exact) mass is 143 g/mol. The Kier molecular flexibility index (Phi) is 3.22. The number of rotatable bonds is 5. The van der Waals surface area contributed by atoms with Crippen LogP contribution in [0.15, 0.2) is 5.16 Å². The summed E-state index contributed by atoms with van der Waals surface area (Å²) in [5, 5.41) is 3.77. The Hall–Kier alpha value is -0.570. The Morgan fingerprint density at radius 2 is 2.30 bits per heavy atom. The molecule has 0 bridgehead atoms. The Bertz CT molecular complexity index is 110. The zero-order valence-corrected chi connectivity index (χ0v) is 6.25. The molecule has 1 aliphatic rings. The molecule has 0 amide bonds. The second kappa shape index (κ2) is 4.28. The van der Waals surface area contributed by atoms with Crippen molar-refractivity contribution in [3.8, 4) is 0 Å². The van der Waals surface area contributed by atoms with E-state index in [4.69, 9.17) is 9.57 Å². The van der Waals surface area contributed by atoms with E-state index in [1.54, 1.807) is 7.11 Å². The molecule has 3 nitrogen and oxygen atoms in total. The molecule has 0 atom stereocenters. The summed E-state index contributed by atoms with van der Waals surface area (Å²) < 4.78 is 4.77. The van der Waals surface area contributed by atoms with E-state index >= 15 is 0 Å². The molecule has 0 spiro atoms. The van der Waals surface area contributed by atoms with Crippen LogP contribution in [-0.4, -0.2) is 26.5 Å². The fourth-order valence-corrected chi connectivity index (χ4v) is 0.548. The lowest BCUT2D eigenvalue weighted by atomic mass is 10.5. The minimum absolute atomic E-state index is 0.555. The van der Waals surface area contributed by atoms with Crippen molar-refractivity contribution in [3.05, 3.63) is 0 Å². The van der Waals surface area contributed by atoms with E-state index in [0.717, 1.165) is 0 Å². The molecule has 1 saturated carbocycles. The van der Waals surface area contributed by atoms with E-state index < -0.39 is 0 Å². The third-order valence-corrected chi connectivity index (χ3v) is 1.35. The van der Waals surface area contributed by atoms with Gasteiger partial charge in [-0.2, -0.15) is 0 Å². The Balaban J connectivity index is 1.83. The first-order valence-corrected chi connectivity index (χ1v) is 3.58. The molecule has 0 aromatic rings. The number of hydrogen-bond acceptors (Lipinski definition) is 3. The van der Waals surface area contributed by atoms with Gasteiger partial charge in [0.05, 0.1) is 6.61 Å². The van der Waals surface area contributed by atoms with E-state index in [1.807, 2.05) is 6.21 Å². The van der Waals surface area contributed by atoms with E-state index in [0.29, 0.717) is 19.1 Å². The van der Waals surface area contributed by atoms with Crippen LogP contribution >= 0.6 is 0 Å². The molecule has 0 unspecified atom stereocenters. The lowest BCUT2D eigenvalue weighted by molar-refractivity contribution is 0.0755. The van der Waals surface area contributed by atoms with Crippen molar-refractivity contribution < 1.29 is 9.57 Å². The zero-order valence-electron chi connectivity index (χ0n) is 6.25. The van der Waals surface area contributed by atoms with Gasteiger partial charge in [-0.25, -0.2) is 0 Å². The Morgan fingerprint density at radius 1 is 1.50 bits per heavy atom. The number of methoxy groups -OCH3 is 1. The van der Waals surface area contributed by atoms with Crippen molar-refractivity contribution >= 4 is 6.21 Å². The molecule has 0 saturated heterocycles. The van der Waals surface area contributed by atoms with Gasteiger partial charge in [-0.1, -0.05) is 5.16 Å². The number of hydrogen-bond donors (Lipinski definition) is 0. The first-order valence-electron chi connectivity index (χ1n) is 3.58. The van der Waals surface area contributed by atoms with E-state index in [1.165, 1.54) is 12.8 Å². The third-order valence-electron chi connectivity index (χ3n) is 1.35. The van der Waals surface area contributed by atoms with Crippen LogP contribution in [0.4, 0.5) is 0 Å². The van der Waals surface area contributed by atoms with Gasteiger partial charge in [0, 0.05) is 13.3 Å². The molecule has 0 aliphatic heterocycles. The van der Waals surface area contributed by atoms with Gasteiger partial charge in [-0.05, 0) is 18.8 Å². The largest absolute Gasteiger partial charge is 0.394 e. The normalized spacial score (nSPS) is 18.1. The fraction of sp³-hybridized carbons (Fsp3) is 0.857. The van der Waals surface area contributed by atoms with Gasteiger partial charge >= 0.3 is 0 Å². The number of ether oxygens (including phenoxy) is 1. The quantitative estimate of drug-likeness (QED) is 0.327. The van der Waals surface area contributed by atoms with Crippen molar-refractivity contribution in [1.29, 1.82) is 0 Å². The van der Waals surface area contributed by atoms with Crippen LogP contribution in [-0.2, 0) is 9.57 Å². The molecule has 0 aromatic carbocycles. The first kappa shape index (κ1) is 7.54. The van der Waals surface area contributed by atoms with Crippen LogP contribution in [0.2, 0.25) is 0 Å². The van der Waals surface area contributed by atoms with Gasteiger partial charge in [-0.3, -0.25) is 0 Å². The molecule has 0 N–H and O–H groups in total. The average molecular weight is 143 g/mol. The standard InChI is InChI=1S/C7H13NO2/c1-9-4-5-10-8-6-7-2-3-7/h6-7H,2-5H2,1H3. The van der Waals surface area contributed by atoms with Gasteiger partial charge in [0.2, 0.25) is 0 Å². The van der Waals surface area contributed by atoms with Crippen LogP contribution in [0, 0.1) is 5.92 Å². The van der Waals surface area contributed by atoms with E-state index in [2.05, 4.69) is 5.16 Å². The molecule has 0 radical (unpaired) electrons. The molecule has 58 valence electrons. The zero-order chi connectivity index (χ0) is 7.23. The maximum atomic E-state index is 4.87. The van der Waals surface area contributed by atoms with Crippen LogP contribution in [0.25, 0.3) is 0 Å². The van der Waals surface area contributed by atoms with Crippen LogP contribution in [0.5, 0.6) is 0 Å². The highest BCUT2D eigenvalue weighted by Gasteiger charge is 2.18. The van der Waals surface area contributed by atoms with Crippen LogP contribution < -0.4 is 0 Å². The fourth-order valence-electron chi connectivity index (χ4n) is 0.548. The van der Waals surface area contributed by atoms with Crippen molar-refractivity contribution in [3.63, 3.8) is 0 Å². The second-order valence-corrected chi connectivity index (χ2v) is 2.42. The number of oxime groups is 1. The summed E-state index contributed by atoms with van der Waals surface area (Å²) in [6.45, 7) is 1.17. The summed E-state index contributed by atoms with van der Waals surface area (Å²) in [5.74, 6) is 0.697. The van der Waals surface area contributed by atoms with Gasteiger partial charge in [0.15, 0.2) is 0 Å². The molecule has 1 aliphatic carbocycles. The van der Waals surface area contributed by atoms with Crippen molar-refractivity contribution in [2.45, 2.75) is 12.8 Å². The molecular weight excluding hydrogens is 130 g/mol. The maximum absolute atomic E-state index is 4.87. The topological polar surface area (TPSA) is 30.8 Å². The molecule has 3 heteroatoms. The van der Waals surface area contributed by atoms with Crippen molar-refractivity contribution in [1.82, 2.24) is 0 Å². The second-order valence-electron chi connectivity index (χ2n) is 2.42. The van der Waals surface area contributed by atoms with E-state index in [-0.39, 0.29) is 0 Å². The SMILES string of the molecule is COCCON=CC1CC1. The van der Waals surface area contributed by atoms with Gasteiger partial charge < -0.3 is 9.57 Å². The summed E-state index contributed by atoms with van der Waals surface area (Å²) >= 11 is 0. The summed E-state index contributed by atoms with van der Waals surface area (Å²) in [7, 11) is 1.65. The maximum Gasteiger partial charge on any atom is 0.140 e. The third kappa shape index (κ3) is 3.45. The van der Waals surface area contributed by atoms with Crippen LogP contribution in [0.3, 0.4) is 0 Å². The summed E-state index contributed by atoms with van der Waals surface area (Å²) in [5.41, 5.74) is 0. The Morgan fingerprint density at radius 3 is 2.90 bits per heavy atom. The van der Waals surface area contributed by atoms with Crippen LogP contribution in [0.1, 0.15) is 12.8 Å². The molecular formula is C7H13NO2. The minimum Gasteiger partial charge on any atom is -0.394 e. The van der Waals surface area contributed by atoms with Gasteiger partial charge in [-0.15, -0.1) is 0 Å². The summed E-state index contributed by atoms with van der Waals surface area (Å²) in [6, 6.07) is 0. The van der Waals surface area contributed by atoms with Crippen molar-refractivity contribution in [2.75, 3.05) is 20.3 Å². The summed E-state index contributed by atoms with van der Waals surface area (Å²) in [4.78, 5) is 4.87. The lowest BCUT2D eigenvalue weighted by Crippen LogP contribution is -1.97. The van der Waals surface area contributed by atoms with Gasteiger partial charge in [0.1, 0.15) is 6.61 Å². The first-order chi connectivity index (χ1) is 4.93. The highest BCUT2D eigenvalue weighted by atomic mass is 16.6. The van der Waals surface area contributed by atoms with Crippen molar-refractivity contribution in [2.24, 2.45) is 11.1 Å². The molecule has 0 aromatic heterocycles. The molecule has 0 heterocycles. The average Bonchev–Trinajstić information content (AvgIpc) is 2.71. The highest BCUT2D eigenvalue weighted by molar-refractivity contribution is 5.62. The predicted octanol–water partition coefficient (Wildman–Crippen LogP) is 1.05.